The molecule has 0 fully saturated rings. The fourth-order valence-corrected chi connectivity index (χ4v) is 3.50. The van der Waals surface area contributed by atoms with E-state index in [4.69, 9.17) is 4.98 Å². The van der Waals surface area contributed by atoms with E-state index in [9.17, 15) is 4.39 Å². The molecule has 0 aliphatic carbocycles. The fraction of sp³-hybridized carbons (Fsp3) is 0.278. The van der Waals surface area contributed by atoms with Gasteiger partial charge >= 0.3 is 0 Å². The molecule has 1 atom stereocenters. The van der Waals surface area contributed by atoms with E-state index in [0.29, 0.717) is 11.4 Å². The molecular weight excluding hydrogens is 347 g/mol. The number of aryl methyl sites for hydroxylation is 2. The van der Waals surface area contributed by atoms with Gasteiger partial charge in [0.1, 0.15) is 29.5 Å². The van der Waals surface area contributed by atoms with Crippen molar-refractivity contribution in [2.24, 2.45) is 7.05 Å². The standard InChI is InChI=1S/C18H17FN8/c1-25-10-15(9-21-25)27-18(13-5-6-26-16(8-13)20-11-22-26)23-17(24-27)12-3-2-4-14(19)7-12/h2-4,7,9-11,13H,5-6,8H2,1H3. The number of halogens is 1. The number of rotatable bonds is 3. The lowest BCUT2D eigenvalue weighted by Gasteiger charge is -2.21. The molecule has 0 saturated heterocycles. The molecule has 0 bridgehead atoms. The molecule has 136 valence electrons. The van der Waals surface area contributed by atoms with Crippen molar-refractivity contribution in [3.63, 3.8) is 0 Å². The van der Waals surface area contributed by atoms with Gasteiger partial charge in [0, 0.05) is 31.5 Å². The van der Waals surface area contributed by atoms with Crippen molar-refractivity contribution in [1.29, 1.82) is 0 Å². The average Bonchev–Trinajstić information content (AvgIpc) is 3.39. The molecule has 4 aromatic rings. The summed E-state index contributed by atoms with van der Waals surface area (Å²) in [5.74, 6) is 2.12. The van der Waals surface area contributed by atoms with Crippen LogP contribution in [0.15, 0.2) is 43.0 Å². The van der Waals surface area contributed by atoms with E-state index in [1.54, 1.807) is 23.3 Å². The Labute approximate surface area is 154 Å². The van der Waals surface area contributed by atoms with E-state index in [1.807, 2.05) is 28.7 Å². The van der Waals surface area contributed by atoms with Crippen molar-refractivity contribution in [1.82, 2.24) is 39.3 Å². The smallest absolute Gasteiger partial charge is 0.181 e. The van der Waals surface area contributed by atoms with Gasteiger partial charge in [0.05, 0.1) is 12.4 Å². The summed E-state index contributed by atoms with van der Waals surface area (Å²) in [7, 11) is 1.86. The molecule has 9 heteroatoms. The van der Waals surface area contributed by atoms with Gasteiger partial charge in [0.15, 0.2) is 5.82 Å². The van der Waals surface area contributed by atoms with Crippen LogP contribution in [0.5, 0.6) is 0 Å². The lowest BCUT2D eigenvalue weighted by atomic mass is 9.97. The summed E-state index contributed by atoms with van der Waals surface area (Å²) in [4.78, 5) is 9.12. The molecule has 0 saturated carbocycles. The van der Waals surface area contributed by atoms with E-state index < -0.39 is 0 Å². The number of hydrogen-bond donors (Lipinski definition) is 0. The molecule has 27 heavy (non-hydrogen) atoms. The van der Waals surface area contributed by atoms with Gasteiger partial charge in [0.25, 0.3) is 0 Å². The molecule has 1 aromatic carbocycles. The van der Waals surface area contributed by atoms with Crippen molar-refractivity contribution in [3.05, 3.63) is 60.5 Å². The van der Waals surface area contributed by atoms with Crippen LogP contribution in [-0.4, -0.2) is 39.3 Å². The molecule has 5 rings (SSSR count). The number of fused-ring (bicyclic) bond motifs is 1. The van der Waals surface area contributed by atoms with Crippen molar-refractivity contribution in [2.75, 3.05) is 0 Å². The number of hydrogen-bond acceptors (Lipinski definition) is 5. The van der Waals surface area contributed by atoms with Gasteiger partial charge in [-0.15, -0.1) is 5.10 Å². The zero-order valence-electron chi connectivity index (χ0n) is 14.7. The Morgan fingerprint density at radius 2 is 2.15 bits per heavy atom. The van der Waals surface area contributed by atoms with Crippen LogP contribution >= 0.6 is 0 Å². The van der Waals surface area contributed by atoms with Crippen LogP contribution in [0.4, 0.5) is 4.39 Å². The maximum absolute atomic E-state index is 13.7. The molecule has 3 aromatic heterocycles. The third-order valence-electron chi connectivity index (χ3n) is 4.83. The average molecular weight is 364 g/mol. The van der Waals surface area contributed by atoms with Gasteiger partial charge in [-0.25, -0.2) is 19.0 Å². The minimum atomic E-state index is -0.308. The Hall–Kier alpha value is -3.36. The van der Waals surface area contributed by atoms with E-state index in [1.165, 1.54) is 12.1 Å². The van der Waals surface area contributed by atoms with E-state index in [-0.39, 0.29) is 11.7 Å². The largest absolute Gasteiger partial charge is 0.274 e. The second-order valence-electron chi connectivity index (χ2n) is 6.68. The quantitative estimate of drug-likeness (QED) is 0.556. The van der Waals surface area contributed by atoms with Crippen molar-refractivity contribution < 1.29 is 4.39 Å². The maximum atomic E-state index is 13.7. The molecule has 4 heterocycles. The highest BCUT2D eigenvalue weighted by molar-refractivity contribution is 5.55. The van der Waals surface area contributed by atoms with Crippen LogP contribution in [0, 0.1) is 5.82 Å². The topological polar surface area (TPSA) is 79.2 Å². The van der Waals surface area contributed by atoms with Gasteiger partial charge in [-0.1, -0.05) is 12.1 Å². The Morgan fingerprint density at radius 1 is 1.22 bits per heavy atom. The SMILES string of the molecule is Cn1cc(-n2nc(-c3cccc(F)c3)nc2C2CCn3ncnc3C2)cn1. The van der Waals surface area contributed by atoms with Gasteiger partial charge in [-0.3, -0.25) is 9.36 Å². The first-order valence-corrected chi connectivity index (χ1v) is 8.76. The molecule has 1 aliphatic rings. The zero-order chi connectivity index (χ0) is 18.4. The Bertz CT molecular complexity index is 1110. The number of nitrogens with zero attached hydrogens (tertiary/aromatic N) is 8. The first-order chi connectivity index (χ1) is 13.2. The van der Waals surface area contributed by atoms with Gasteiger partial charge < -0.3 is 0 Å². The van der Waals surface area contributed by atoms with Crippen molar-refractivity contribution in [3.8, 4) is 17.1 Å². The second-order valence-corrected chi connectivity index (χ2v) is 6.68. The van der Waals surface area contributed by atoms with Gasteiger partial charge in [-0.05, 0) is 18.6 Å². The normalized spacial score (nSPS) is 16.4. The zero-order valence-corrected chi connectivity index (χ0v) is 14.7. The molecule has 1 aliphatic heterocycles. The third-order valence-corrected chi connectivity index (χ3v) is 4.83. The highest BCUT2D eigenvalue weighted by atomic mass is 19.1. The first kappa shape index (κ1) is 15.9. The van der Waals surface area contributed by atoms with E-state index >= 15 is 0 Å². The summed E-state index contributed by atoms with van der Waals surface area (Å²) in [6.45, 7) is 0.787. The molecule has 0 spiro atoms. The highest BCUT2D eigenvalue weighted by Gasteiger charge is 2.28. The minimum Gasteiger partial charge on any atom is -0.274 e. The monoisotopic (exact) mass is 364 g/mol. The molecule has 0 radical (unpaired) electrons. The summed E-state index contributed by atoms with van der Waals surface area (Å²) < 4.78 is 19.1. The van der Waals surface area contributed by atoms with Crippen LogP contribution in [0.25, 0.3) is 17.1 Å². The fourth-order valence-electron chi connectivity index (χ4n) is 3.50. The summed E-state index contributed by atoms with van der Waals surface area (Å²) in [5, 5.41) is 13.2. The molecule has 0 amide bonds. The predicted octanol–water partition coefficient (Wildman–Crippen LogP) is 2.13. The van der Waals surface area contributed by atoms with Gasteiger partial charge in [-0.2, -0.15) is 10.2 Å². The van der Waals surface area contributed by atoms with Crippen molar-refractivity contribution in [2.45, 2.75) is 25.3 Å². The van der Waals surface area contributed by atoms with Crippen LogP contribution in [0.1, 0.15) is 24.0 Å². The van der Waals surface area contributed by atoms with Crippen LogP contribution in [0.3, 0.4) is 0 Å². The first-order valence-electron chi connectivity index (χ1n) is 8.76. The van der Waals surface area contributed by atoms with E-state index in [2.05, 4.69) is 20.3 Å². The van der Waals surface area contributed by atoms with Crippen LogP contribution in [-0.2, 0) is 20.0 Å². The van der Waals surface area contributed by atoms with Crippen LogP contribution in [0.2, 0.25) is 0 Å². The van der Waals surface area contributed by atoms with Gasteiger partial charge in [0.2, 0.25) is 0 Å². The Balaban J connectivity index is 1.61. The highest BCUT2D eigenvalue weighted by Crippen LogP contribution is 2.30. The minimum absolute atomic E-state index is 0.150. The molecular formula is C18H17FN8. The van der Waals surface area contributed by atoms with E-state index in [0.717, 1.165) is 36.7 Å². The second kappa shape index (κ2) is 6.11. The maximum Gasteiger partial charge on any atom is 0.181 e. The van der Waals surface area contributed by atoms with Crippen molar-refractivity contribution >= 4 is 0 Å². The lowest BCUT2D eigenvalue weighted by molar-refractivity contribution is 0.417. The summed E-state index contributed by atoms with van der Waals surface area (Å²) >= 11 is 0. The molecule has 1 unspecified atom stereocenters. The van der Waals surface area contributed by atoms with Crippen LogP contribution < -0.4 is 0 Å². The number of benzene rings is 1. The number of aromatic nitrogens is 8. The lowest BCUT2D eigenvalue weighted by Crippen LogP contribution is -2.21. The predicted molar refractivity (Wildman–Crippen MR) is 94.6 cm³/mol. The summed E-state index contributed by atoms with van der Waals surface area (Å²) in [6, 6.07) is 6.34. The Kier molecular flexibility index (Phi) is 3.59. The molecule has 8 nitrogen and oxygen atoms in total. The molecule has 0 N–H and O–H groups in total. The Morgan fingerprint density at radius 3 is 2.96 bits per heavy atom. The third kappa shape index (κ3) is 2.80. The summed E-state index contributed by atoms with van der Waals surface area (Å²) in [5.41, 5.74) is 1.48. The summed E-state index contributed by atoms with van der Waals surface area (Å²) in [6.07, 6.45) is 6.85.